The number of hydrogen-bond acceptors (Lipinski definition) is 0. The van der Waals surface area contributed by atoms with Gasteiger partial charge in [-0.25, -0.2) is 0 Å². The Balaban J connectivity index is 4.98. The van der Waals surface area contributed by atoms with Crippen LogP contribution >= 0.6 is 0 Å². The molecular formula is C8H6N2. The summed E-state index contributed by atoms with van der Waals surface area (Å²) >= 11 is 0. The van der Waals surface area contributed by atoms with Crippen LogP contribution in [0.4, 0.5) is 0 Å². The summed E-state index contributed by atoms with van der Waals surface area (Å²) < 4.78 is 0. The van der Waals surface area contributed by atoms with Crippen molar-refractivity contribution in [1.29, 1.82) is 0 Å². The van der Waals surface area contributed by atoms with E-state index in [1.54, 1.807) is 0 Å². The third-order valence-corrected chi connectivity index (χ3v) is 0.890. The smallest absolute Gasteiger partial charge is 0.193 e. The zero-order valence-corrected chi connectivity index (χ0v) is 5.46. The number of rotatable bonds is 2. The van der Waals surface area contributed by atoms with Gasteiger partial charge in [0.1, 0.15) is 0 Å². The maximum absolute atomic E-state index is 6.60. The Morgan fingerprint density at radius 1 is 1.00 bits per heavy atom. The zero-order valence-electron chi connectivity index (χ0n) is 5.46. The lowest BCUT2D eigenvalue weighted by Gasteiger charge is -1.87. The average Bonchev–Trinajstić information content (AvgIpc) is 2.00. The highest BCUT2D eigenvalue weighted by molar-refractivity contribution is 5.39. The van der Waals surface area contributed by atoms with Gasteiger partial charge < -0.3 is 0 Å². The molecule has 0 aliphatic heterocycles. The highest BCUT2D eigenvalue weighted by Crippen LogP contribution is 2.08. The van der Waals surface area contributed by atoms with Crippen LogP contribution in [0.2, 0.25) is 0 Å². The van der Waals surface area contributed by atoms with Gasteiger partial charge in [-0.15, -0.1) is 13.2 Å². The Morgan fingerprint density at radius 2 is 1.30 bits per heavy atom. The zero-order chi connectivity index (χ0) is 7.98. The van der Waals surface area contributed by atoms with Gasteiger partial charge in [0.25, 0.3) is 0 Å². The summed E-state index contributed by atoms with van der Waals surface area (Å²) in [5.74, 6) is 0. The van der Waals surface area contributed by atoms with E-state index < -0.39 is 0 Å². The van der Waals surface area contributed by atoms with Crippen molar-refractivity contribution in [2.45, 2.75) is 0 Å². The van der Waals surface area contributed by atoms with Gasteiger partial charge in [-0.2, -0.15) is 0 Å². The molecule has 48 valence electrons. The van der Waals surface area contributed by atoms with Crippen molar-refractivity contribution < 1.29 is 0 Å². The van der Waals surface area contributed by atoms with Gasteiger partial charge in [0, 0.05) is 0 Å². The predicted octanol–water partition coefficient (Wildman–Crippen LogP) is 2.41. The number of allylic oxidation sites excluding steroid dienone is 2. The van der Waals surface area contributed by atoms with E-state index in [1.165, 1.54) is 12.2 Å². The minimum absolute atomic E-state index is 0.255. The molecule has 0 radical (unpaired) electrons. The lowest BCUT2D eigenvalue weighted by molar-refractivity contribution is 1.58. The minimum atomic E-state index is 0.255. The van der Waals surface area contributed by atoms with Crippen LogP contribution in [0.25, 0.3) is 9.69 Å². The molecule has 0 aliphatic carbocycles. The molecule has 0 bridgehead atoms. The summed E-state index contributed by atoms with van der Waals surface area (Å²) in [6.45, 7) is 20.0. The summed E-state index contributed by atoms with van der Waals surface area (Å²) in [5.41, 5.74) is 0.509. The first kappa shape index (κ1) is 8.20. The van der Waals surface area contributed by atoms with Crippen LogP contribution in [0, 0.1) is 13.1 Å². The Hall–Kier alpha value is -1.80. The Labute approximate surface area is 60.4 Å². The summed E-state index contributed by atoms with van der Waals surface area (Å²) in [6, 6.07) is 0. The van der Waals surface area contributed by atoms with E-state index in [2.05, 4.69) is 22.8 Å². The minimum Gasteiger partial charge on any atom is -0.250 e. The summed E-state index contributed by atoms with van der Waals surface area (Å²) in [4.78, 5) is 6.15. The van der Waals surface area contributed by atoms with E-state index in [9.17, 15) is 0 Å². The quantitative estimate of drug-likeness (QED) is 0.401. The predicted molar refractivity (Wildman–Crippen MR) is 40.6 cm³/mol. The fourth-order valence-corrected chi connectivity index (χ4v) is 0.415. The van der Waals surface area contributed by atoms with Gasteiger partial charge in [0.05, 0.1) is 13.1 Å². The molecule has 0 unspecified atom stereocenters. The van der Waals surface area contributed by atoms with Crippen molar-refractivity contribution in [3.8, 4) is 0 Å². The van der Waals surface area contributed by atoms with Crippen LogP contribution in [0.1, 0.15) is 0 Å². The Kier molecular flexibility index (Phi) is 3.38. The van der Waals surface area contributed by atoms with Crippen LogP contribution < -0.4 is 0 Å². The van der Waals surface area contributed by atoms with Gasteiger partial charge in [-0.05, 0) is 0 Å². The molecule has 0 rings (SSSR count). The third-order valence-electron chi connectivity index (χ3n) is 0.890. The normalized spacial score (nSPS) is 10.2. The van der Waals surface area contributed by atoms with E-state index in [4.69, 9.17) is 13.1 Å². The number of nitrogens with zero attached hydrogens (tertiary/aromatic N) is 2. The SMILES string of the molecule is [C-]#[N+]C(C=C)=C(C=C)[N+]#[C-]. The summed E-state index contributed by atoms with van der Waals surface area (Å²) in [5, 5.41) is 0. The molecule has 0 aromatic carbocycles. The monoisotopic (exact) mass is 130 g/mol. The van der Waals surface area contributed by atoms with Gasteiger partial charge in [-0.3, -0.25) is 9.69 Å². The second-order valence-corrected chi connectivity index (χ2v) is 1.40. The molecular weight excluding hydrogens is 124 g/mol. The largest absolute Gasteiger partial charge is 0.250 e. The standard InChI is InChI=1S/C8H6N2/c1-5-7(9-3)8(6-2)10-4/h5-6H,1-2H2. The molecule has 2 heteroatoms. The second-order valence-electron chi connectivity index (χ2n) is 1.40. The molecule has 0 aromatic rings. The van der Waals surface area contributed by atoms with E-state index in [-0.39, 0.29) is 11.4 Å². The van der Waals surface area contributed by atoms with Gasteiger partial charge in [0.15, 0.2) is 11.4 Å². The first-order chi connectivity index (χ1) is 4.79. The van der Waals surface area contributed by atoms with Crippen molar-refractivity contribution in [2.75, 3.05) is 0 Å². The topological polar surface area (TPSA) is 8.72 Å². The summed E-state index contributed by atoms with van der Waals surface area (Å²) in [7, 11) is 0. The molecule has 0 spiro atoms. The van der Waals surface area contributed by atoms with E-state index in [0.717, 1.165) is 0 Å². The van der Waals surface area contributed by atoms with Crippen molar-refractivity contribution in [3.05, 3.63) is 59.5 Å². The molecule has 0 saturated heterocycles. The fourth-order valence-electron chi connectivity index (χ4n) is 0.415. The molecule has 0 N–H and O–H groups in total. The fraction of sp³-hybridized carbons (Fsp3) is 0. The molecule has 0 saturated carbocycles. The molecule has 0 aromatic heterocycles. The van der Waals surface area contributed by atoms with Crippen molar-refractivity contribution in [3.63, 3.8) is 0 Å². The second kappa shape index (κ2) is 4.12. The third kappa shape index (κ3) is 1.61. The maximum atomic E-state index is 6.60. The highest BCUT2D eigenvalue weighted by Gasteiger charge is 1.96. The van der Waals surface area contributed by atoms with Crippen LogP contribution in [0.3, 0.4) is 0 Å². The van der Waals surface area contributed by atoms with E-state index in [0.29, 0.717) is 0 Å². The first-order valence-corrected chi connectivity index (χ1v) is 2.54. The molecule has 0 atom stereocenters. The van der Waals surface area contributed by atoms with Crippen LogP contribution in [0.5, 0.6) is 0 Å². The Morgan fingerprint density at radius 3 is 1.40 bits per heavy atom. The molecule has 0 amide bonds. The van der Waals surface area contributed by atoms with Gasteiger partial charge in [-0.1, -0.05) is 12.2 Å². The average molecular weight is 130 g/mol. The Bertz CT molecular complexity index is 230. The maximum Gasteiger partial charge on any atom is 0.193 e. The van der Waals surface area contributed by atoms with Crippen molar-refractivity contribution in [2.24, 2.45) is 0 Å². The van der Waals surface area contributed by atoms with Gasteiger partial charge in [0.2, 0.25) is 0 Å². The van der Waals surface area contributed by atoms with Crippen molar-refractivity contribution in [1.82, 2.24) is 0 Å². The van der Waals surface area contributed by atoms with Gasteiger partial charge >= 0.3 is 0 Å². The molecule has 2 nitrogen and oxygen atoms in total. The van der Waals surface area contributed by atoms with E-state index in [1.807, 2.05) is 0 Å². The van der Waals surface area contributed by atoms with Crippen LogP contribution in [0.15, 0.2) is 36.7 Å². The molecule has 0 fully saturated rings. The lowest BCUT2D eigenvalue weighted by atomic mass is 10.3. The first-order valence-electron chi connectivity index (χ1n) is 2.54. The molecule has 0 heterocycles. The highest BCUT2D eigenvalue weighted by atomic mass is 14.7. The van der Waals surface area contributed by atoms with Crippen molar-refractivity contribution >= 4 is 0 Å². The number of hydrogen-bond donors (Lipinski definition) is 0. The van der Waals surface area contributed by atoms with E-state index >= 15 is 0 Å². The van der Waals surface area contributed by atoms with Crippen LogP contribution in [-0.2, 0) is 0 Å². The summed E-state index contributed by atoms with van der Waals surface area (Å²) in [6.07, 6.45) is 2.70. The molecule has 10 heavy (non-hydrogen) atoms. The lowest BCUT2D eigenvalue weighted by Crippen LogP contribution is -1.72. The van der Waals surface area contributed by atoms with Crippen LogP contribution in [-0.4, -0.2) is 0 Å². The molecule has 0 aliphatic rings.